The number of carboxylic acid groups (broad SMARTS) is 1. The van der Waals surface area contributed by atoms with E-state index in [1.807, 2.05) is 6.92 Å². The third-order valence-corrected chi connectivity index (χ3v) is 11.0. The van der Waals surface area contributed by atoms with Crippen LogP contribution >= 0.6 is 0 Å². The van der Waals surface area contributed by atoms with Crippen molar-refractivity contribution in [2.75, 3.05) is 0 Å². The van der Waals surface area contributed by atoms with E-state index in [9.17, 15) is 9.90 Å². The molecule has 0 atom stereocenters. The van der Waals surface area contributed by atoms with Gasteiger partial charge in [-0.3, -0.25) is 0 Å². The summed E-state index contributed by atoms with van der Waals surface area (Å²) in [7, 11) is 0. The number of carboxylic acids is 1. The fraction of sp³-hybridized carbons (Fsp3) is 0.917. The molecule has 15 heavy (non-hydrogen) atoms. The van der Waals surface area contributed by atoms with Crippen molar-refractivity contribution in [2.24, 2.45) is 0 Å². The van der Waals surface area contributed by atoms with Gasteiger partial charge in [-0.05, 0) is 12.8 Å². The molecule has 0 saturated carbocycles. The Morgan fingerprint density at radius 3 is 1.67 bits per heavy atom. The average Bonchev–Trinajstić information content (AvgIpc) is 2.21. The molecule has 0 bridgehead atoms. The van der Waals surface area contributed by atoms with Gasteiger partial charge in [0.2, 0.25) is 0 Å². The van der Waals surface area contributed by atoms with Gasteiger partial charge >= 0.3 is 53.8 Å². The molecule has 0 aromatic heterocycles. The van der Waals surface area contributed by atoms with Crippen molar-refractivity contribution in [1.29, 1.82) is 0 Å². The second-order valence-electron chi connectivity index (χ2n) is 3.64. The Labute approximate surface area is 102 Å². The van der Waals surface area contributed by atoms with Crippen molar-refractivity contribution in [3.63, 3.8) is 0 Å². The monoisotopic (exact) mass is 322 g/mol. The topological polar surface area (TPSA) is 40.1 Å². The minimum absolute atomic E-state index is 0.216. The summed E-state index contributed by atoms with van der Waals surface area (Å²) in [5, 5.41) is 9.76. The van der Waals surface area contributed by atoms with Crippen molar-refractivity contribution in [3.05, 3.63) is 0 Å². The number of aliphatic carboxylic acids is 1. The van der Waals surface area contributed by atoms with Crippen LogP contribution in [0.1, 0.15) is 53.4 Å². The number of hydrogen-bond donors (Lipinski definition) is 0. The van der Waals surface area contributed by atoms with Gasteiger partial charge in [0.15, 0.2) is 0 Å². The van der Waals surface area contributed by atoms with E-state index in [1.165, 1.54) is 0 Å². The van der Waals surface area contributed by atoms with Crippen LogP contribution in [-0.4, -0.2) is 25.7 Å². The van der Waals surface area contributed by atoms with E-state index < -0.39 is 25.7 Å². The van der Waals surface area contributed by atoms with Crippen molar-refractivity contribution in [2.45, 2.75) is 66.7 Å². The molecule has 0 fully saturated rings. The first-order chi connectivity index (χ1) is 7.12. The van der Waals surface area contributed by atoms with Crippen LogP contribution in [0.5, 0.6) is 0 Å². The zero-order valence-corrected chi connectivity index (χ0v) is 13.6. The molecule has 0 aromatic rings. The van der Waals surface area contributed by atoms with Crippen LogP contribution in [0.2, 0.25) is 13.3 Å². The van der Waals surface area contributed by atoms with Gasteiger partial charge in [0.1, 0.15) is 0 Å². The van der Waals surface area contributed by atoms with E-state index >= 15 is 0 Å². The number of carbonyl (C=O) groups is 1. The molecule has 0 heterocycles. The van der Waals surface area contributed by atoms with Crippen molar-refractivity contribution in [1.82, 2.24) is 0 Å². The maximum atomic E-state index is 9.76. The maximum absolute atomic E-state index is 9.76. The van der Waals surface area contributed by atoms with Crippen LogP contribution in [0.15, 0.2) is 0 Å². The molecule has 2 nitrogen and oxygen atoms in total. The van der Waals surface area contributed by atoms with Gasteiger partial charge in [0.25, 0.3) is 0 Å². The molecule has 3 heteroatoms. The number of rotatable bonds is 7. The van der Waals surface area contributed by atoms with Gasteiger partial charge < -0.3 is 9.90 Å². The molecule has 90 valence electrons. The Kier molecular flexibility index (Phi) is 16.8. The van der Waals surface area contributed by atoms with E-state index in [-0.39, 0.29) is 6.42 Å². The molecule has 0 unspecified atom stereocenters. The van der Waals surface area contributed by atoms with Crippen molar-refractivity contribution >= 4 is 25.7 Å². The molecular formula is C12H26O2Sn. The molecule has 0 N–H and O–H groups in total. The molecule has 0 aliphatic rings. The molecule has 0 spiro atoms. The summed E-state index contributed by atoms with van der Waals surface area (Å²) >= 11 is -0.653. The summed E-state index contributed by atoms with van der Waals surface area (Å²) in [6, 6.07) is 0. The van der Waals surface area contributed by atoms with Crippen LogP contribution in [0.4, 0.5) is 0 Å². The van der Waals surface area contributed by atoms with Crippen LogP contribution in [0.25, 0.3) is 0 Å². The number of hydrogen-bond acceptors (Lipinski definition) is 2. The summed E-state index contributed by atoms with van der Waals surface area (Å²) in [5.41, 5.74) is 0. The standard InChI is InChI=1S/C6H12O2.3C2H5.Sn/c1-2-3-4-5-6(7)8;3*1-2;/h2-5H2,1H3,(H,7,8);3*1H2,2H3;/q;;;;+1/p-1. The second kappa shape index (κ2) is 14.3. The Hall–Kier alpha value is 0.269. The minimum atomic E-state index is -0.932. The van der Waals surface area contributed by atoms with Crippen LogP contribution in [-0.2, 0) is 4.79 Å². The molecule has 0 amide bonds. The zero-order chi connectivity index (χ0) is 12.1. The molecule has 0 aromatic carbocycles. The van der Waals surface area contributed by atoms with Crippen LogP contribution in [0.3, 0.4) is 0 Å². The normalized spacial score (nSPS) is 9.07. The van der Waals surface area contributed by atoms with E-state index in [0.717, 1.165) is 19.3 Å². The SMILES string of the molecule is CCCCCC(=O)[O-].C[CH2][Sn+]([CH2]C)[CH2]C. The third kappa shape index (κ3) is 16.9. The Morgan fingerprint density at radius 2 is 1.47 bits per heavy atom. The fourth-order valence-corrected chi connectivity index (χ4v) is 5.55. The van der Waals surface area contributed by atoms with Crippen LogP contribution < -0.4 is 5.11 Å². The summed E-state index contributed by atoms with van der Waals surface area (Å²) < 4.78 is 4.65. The second-order valence-corrected chi connectivity index (χ2v) is 14.0. The van der Waals surface area contributed by atoms with Gasteiger partial charge in [-0.2, -0.15) is 0 Å². The van der Waals surface area contributed by atoms with Gasteiger partial charge in [-0.15, -0.1) is 0 Å². The molecule has 0 aliphatic heterocycles. The molecule has 0 aliphatic carbocycles. The van der Waals surface area contributed by atoms with E-state index in [2.05, 4.69) is 20.8 Å². The Bertz CT molecular complexity index is 128. The first-order valence-corrected chi connectivity index (χ1v) is 12.2. The Balaban J connectivity index is 0. The predicted molar refractivity (Wildman–Crippen MR) is 66.3 cm³/mol. The molecule has 0 saturated heterocycles. The van der Waals surface area contributed by atoms with Crippen LogP contribution in [0, 0.1) is 0 Å². The third-order valence-electron chi connectivity index (χ3n) is 2.48. The fourth-order valence-electron chi connectivity index (χ4n) is 1.27. The molecule has 0 radical (unpaired) electrons. The summed E-state index contributed by atoms with van der Waals surface area (Å²) in [6.07, 6.45) is 3.04. The molecule has 0 rings (SSSR count). The van der Waals surface area contributed by atoms with Crippen molar-refractivity contribution in [3.8, 4) is 0 Å². The number of carbonyl (C=O) groups excluding carboxylic acids is 1. The number of unbranched alkanes of at least 4 members (excludes halogenated alkanes) is 2. The van der Waals surface area contributed by atoms with Gasteiger partial charge in [0, 0.05) is 5.97 Å². The van der Waals surface area contributed by atoms with Crippen molar-refractivity contribution < 1.29 is 9.90 Å². The van der Waals surface area contributed by atoms with E-state index in [0.29, 0.717) is 0 Å². The summed E-state index contributed by atoms with van der Waals surface area (Å²) in [4.78, 5) is 9.76. The first-order valence-electron chi connectivity index (χ1n) is 6.15. The van der Waals surface area contributed by atoms with Gasteiger partial charge in [-0.1, -0.05) is 19.8 Å². The van der Waals surface area contributed by atoms with Gasteiger partial charge in [-0.25, -0.2) is 0 Å². The average molecular weight is 321 g/mol. The zero-order valence-electron chi connectivity index (χ0n) is 10.8. The van der Waals surface area contributed by atoms with E-state index in [1.54, 1.807) is 13.3 Å². The Morgan fingerprint density at radius 1 is 1.00 bits per heavy atom. The summed E-state index contributed by atoms with van der Waals surface area (Å²) in [5.74, 6) is -0.932. The van der Waals surface area contributed by atoms with Gasteiger partial charge in [0.05, 0.1) is 0 Å². The predicted octanol–water partition coefficient (Wildman–Crippen LogP) is 2.86. The quantitative estimate of drug-likeness (QED) is 0.534. The van der Waals surface area contributed by atoms with E-state index in [4.69, 9.17) is 0 Å². The molecular weight excluding hydrogens is 295 g/mol. The first kappa shape index (κ1) is 17.7. The summed E-state index contributed by atoms with van der Waals surface area (Å²) in [6.45, 7) is 9.08.